The van der Waals surface area contributed by atoms with Gasteiger partial charge in [0.05, 0.1) is 0 Å². The van der Waals surface area contributed by atoms with E-state index in [-0.39, 0.29) is 6.42 Å². The number of aryl methyl sites for hydroxylation is 1. The summed E-state index contributed by atoms with van der Waals surface area (Å²) in [6, 6.07) is 12.1. The Kier molecular flexibility index (Phi) is 5.10. The van der Waals surface area contributed by atoms with Crippen molar-refractivity contribution in [3.63, 3.8) is 0 Å². The van der Waals surface area contributed by atoms with Gasteiger partial charge in [0.1, 0.15) is 5.75 Å². The molecule has 0 bridgehead atoms. The molecule has 2 rings (SSSR count). The van der Waals surface area contributed by atoms with E-state index in [4.69, 9.17) is 27.9 Å². The third-order valence-corrected chi connectivity index (χ3v) is 3.54. The largest absolute Gasteiger partial charge is 0.478 e. The van der Waals surface area contributed by atoms with Gasteiger partial charge in [-0.05, 0) is 48.4 Å². The summed E-state index contributed by atoms with van der Waals surface area (Å²) in [4.78, 5) is 11.4. The van der Waals surface area contributed by atoms with Gasteiger partial charge in [-0.3, -0.25) is 0 Å². The molecule has 110 valence electrons. The summed E-state index contributed by atoms with van der Waals surface area (Å²) < 4.78 is 5.53. The average Bonchev–Trinajstić information content (AvgIpc) is 2.42. The second-order valence-corrected chi connectivity index (χ2v) is 5.55. The van der Waals surface area contributed by atoms with Crippen molar-refractivity contribution in [2.24, 2.45) is 0 Å². The van der Waals surface area contributed by atoms with Gasteiger partial charge in [-0.15, -0.1) is 0 Å². The maximum Gasteiger partial charge on any atom is 0.345 e. The third-order valence-electron chi connectivity index (χ3n) is 3.07. The van der Waals surface area contributed by atoms with Crippen LogP contribution in [0.15, 0.2) is 42.5 Å². The number of benzene rings is 2. The normalized spacial score (nSPS) is 12.0. The zero-order valence-corrected chi connectivity index (χ0v) is 12.9. The van der Waals surface area contributed by atoms with E-state index in [2.05, 4.69) is 0 Å². The van der Waals surface area contributed by atoms with Crippen LogP contribution in [0.1, 0.15) is 11.1 Å². The molecule has 0 aliphatic carbocycles. The molecule has 3 nitrogen and oxygen atoms in total. The quantitative estimate of drug-likeness (QED) is 0.887. The predicted molar refractivity (Wildman–Crippen MR) is 83.4 cm³/mol. The lowest BCUT2D eigenvalue weighted by Crippen LogP contribution is -2.29. The highest BCUT2D eigenvalue weighted by atomic mass is 35.5. The standard InChI is InChI=1S/C16H14Cl2O3/c1-10-5-6-13(18)7-11(10)8-15(16(19)20)21-14-4-2-3-12(17)9-14/h2-7,9,15H,8H2,1H3,(H,19,20)/t15-/m0/s1. The predicted octanol–water partition coefficient (Wildman–Crippen LogP) is 4.38. The van der Waals surface area contributed by atoms with Crippen LogP contribution in [-0.4, -0.2) is 17.2 Å². The molecular weight excluding hydrogens is 311 g/mol. The highest BCUT2D eigenvalue weighted by Crippen LogP contribution is 2.22. The first kappa shape index (κ1) is 15.7. The minimum atomic E-state index is -1.03. The Hall–Kier alpha value is -1.71. The maximum atomic E-state index is 11.4. The van der Waals surface area contributed by atoms with Crippen LogP contribution in [0.25, 0.3) is 0 Å². The first-order valence-corrected chi connectivity index (χ1v) is 7.11. The Morgan fingerprint density at radius 2 is 1.90 bits per heavy atom. The fraction of sp³-hybridized carbons (Fsp3) is 0.188. The van der Waals surface area contributed by atoms with E-state index in [1.807, 2.05) is 13.0 Å². The minimum absolute atomic E-state index is 0.230. The molecule has 1 atom stereocenters. The van der Waals surface area contributed by atoms with Gasteiger partial charge < -0.3 is 9.84 Å². The summed E-state index contributed by atoms with van der Waals surface area (Å²) in [5.41, 5.74) is 1.82. The van der Waals surface area contributed by atoms with E-state index in [1.54, 1.807) is 36.4 Å². The molecule has 0 saturated heterocycles. The van der Waals surface area contributed by atoms with E-state index in [1.165, 1.54) is 0 Å². The zero-order valence-electron chi connectivity index (χ0n) is 11.3. The second kappa shape index (κ2) is 6.83. The summed E-state index contributed by atoms with van der Waals surface area (Å²) >= 11 is 11.8. The van der Waals surface area contributed by atoms with E-state index in [0.717, 1.165) is 11.1 Å². The van der Waals surface area contributed by atoms with Gasteiger partial charge in [0.15, 0.2) is 6.10 Å². The summed E-state index contributed by atoms with van der Waals surface area (Å²) in [6.07, 6.45) is -0.769. The molecule has 0 heterocycles. The van der Waals surface area contributed by atoms with Crippen LogP contribution < -0.4 is 4.74 Å². The third kappa shape index (κ3) is 4.38. The molecule has 2 aromatic carbocycles. The molecule has 2 aromatic rings. The number of carboxylic acid groups (broad SMARTS) is 1. The number of carboxylic acids is 1. The summed E-state index contributed by atoms with van der Waals surface area (Å²) in [5.74, 6) is -0.607. The first-order chi connectivity index (χ1) is 9.95. The lowest BCUT2D eigenvalue weighted by atomic mass is 10.0. The Labute approximate surface area is 133 Å². The van der Waals surface area contributed by atoms with Crippen molar-refractivity contribution in [2.45, 2.75) is 19.4 Å². The Balaban J connectivity index is 2.20. The van der Waals surface area contributed by atoms with Crippen molar-refractivity contribution in [3.05, 3.63) is 63.6 Å². The van der Waals surface area contributed by atoms with Crippen molar-refractivity contribution in [1.29, 1.82) is 0 Å². The van der Waals surface area contributed by atoms with Crippen molar-refractivity contribution in [2.75, 3.05) is 0 Å². The number of carbonyl (C=O) groups is 1. The van der Waals surface area contributed by atoms with Crippen LogP contribution in [0.5, 0.6) is 5.75 Å². The molecule has 21 heavy (non-hydrogen) atoms. The fourth-order valence-electron chi connectivity index (χ4n) is 1.94. The summed E-state index contributed by atoms with van der Waals surface area (Å²) in [5, 5.41) is 10.4. The van der Waals surface area contributed by atoms with E-state index in [0.29, 0.717) is 15.8 Å². The van der Waals surface area contributed by atoms with Gasteiger partial charge in [-0.1, -0.05) is 35.3 Å². The van der Waals surface area contributed by atoms with Crippen LogP contribution in [-0.2, 0) is 11.2 Å². The average molecular weight is 325 g/mol. The minimum Gasteiger partial charge on any atom is -0.478 e. The molecular formula is C16H14Cl2O3. The lowest BCUT2D eigenvalue weighted by molar-refractivity contribution is -0.145. The van der Waals surface area contributed by atoms with Crippen molar-refractivity contribution in [1.82, 2.24) is 0 Å². The number of hydrogen-bond acceptors (Lipinski definition) is 2. The van der Waals surface area contributed by atoms with Gasteiger partial charge in [0.2, 0.25) is 0 Å². The molecule has 0 fully saturated rings. The number of hydrogen-bond donors (Lipinski definition) is 1. The van der Waals surface area contributed by atoms with Crippen LogP contribution in [0, 0.1) is 6.92 Å². The molecule has 0 aromatic heterocycles. The Morgan fingerprint density at radius 3 is 2.57 bits per heavy atom. The topological polar surface area (TPSA) is 46.5 Å². The lowest BCUT2D eigenvalue weighted by Gasteiger charge is -2.16. The number of ether oxygens (including phenoxy) is 1. The van der Waals surface area contributed by atoms with Gasteiger partial charge >= 0.3 is 5.97 Å². The highest BCUT2D eigenvalue weighted by molar-refractivity contribution is 6.31. The molecule has 0 radical (unpaired) electrons. The molecule has 0 unspecified atom stereocenters. The van der Waals surface area contributed by atoms with Gasteiger partial charge in [-0.25, -0.2) is 4.79 Å². The monoisotopic (exact) mass is 324 g/mol. The number of halogens is 2. The van der Waals surface area contributed by atoms with Gasteiger partial charge in [0, 0.05) is 16.5 Å². The molecule has 0 aliphatic rings. The van der Waals surface area contributed by atoms with Crippen LogP contribution in [0.3, 0.4) is 0 Å². The first-order valence-electron chi connectivity index (χ1n) is 6.36. The number of aliphatic carboxylic acids is 1. The van der Waals surface area contributed by atoms with Gasteiger partial charge in [0.25, 0.3) is 0 Å². The van der Waals surface area contributed by atoms with Crippen LogP contribution >= 0.6 is 23.2 Å². The molecule has 0 spiro atoms. The summed E-state index contributed by atoms with van der Waals surface area (Å²) in [6.45, 7) is 1.91. The maximum absolute atomic E-state index is 11.4. The van der Waals surface area contributed by atoms with E-state index in [9.17, 15) is 9.90 Å². The zero-order chi connectivity index (χ0) is 15.4. The number of rotatable bonds is 5. The van der Waals surface area contributed by atoms with E-state index < -0.39 is 12.1 Å². The van der Waals surface area contributed by atoms with Crippen LogP contribution in [0.4, 0.5) is 0 Å². The van der Waals surface area contributed by atoms with Crippen LogP contribution in [0.2, 0.25) is 10.0 Å². The highest BCUT2D eigenvalue weighted by Gasteiger charge is 2.21. The smallest absolute Gasteiger partial charge is 0.345 e. The molecule has 0 aliphatic heterocycles. The van der Waals surface area contributed by atoms with E-state index >= 15 is 0 Å². The molecule has 5 heteroatoms. The van der Waals surface area contributed by atoms with Crippen molar-refractivity contribution < 1.29 is 14.6 Å². The fourth-order valence-corrected chi connectivity index (χ4v) is 2.32. The Bertz CT molecular complexity index is 656. The summed E-state index contributed by atoms with van der Waals surface area (Å²) in [7, 11) is 0. The Morgan fingerprint density at radius 1 is 1.19 bits per heavy atom. The molecule has 0 amide bonds. The van der Waals surface area contributed by atoms with Crippen molar-refractivity contribution in [3.8, 4) is 5.75 Å². The molecule has 0 saturated carbocycles. The van der Waals surface area contributed by atoms with Crippen molar-refractivity contribution >= 4 is 29.2 Å². The van der Waals surface area contributed by atoms with Gasteiger partial charge in [-0.2, -0.15) is 0 Å². The second-order valence-electron chi connectivity index (χ2n) is 4.68. The SMILES string of the molecule is Cc1ccc(Cl)cc1C[C@H](Oc1cccc(Cl)c1)C(=O)O. The molecule has 1 N–H and O–H groups in total.